The lowest BCUT2D eigenvalue weighted by molar-refractivity contribution is -0.111. The van der Waals surface area contributed by atoms with Gasteiger partial charge in [-0.2, -0.15) is 0 Å². The number of ether oxygens (including phenoxy) is 2. The minimum Gasteiger partial charge on any atom is -0.495 e. The zero-order valence-electron chi connectivity index (χ0n) is 19.0. The second-order valence-electron chi connectivity index (χ2n) is 7.08. The number of benzene rings is 3. The molecule has 1 amide bonds. The summed E-state index contributed by atoms with van der Waals surface area (Å²) in [5, 5.41) is 2.63. The van der Waals surface area contributed by atoms with Crippen molar-refractivity contribution < 1.29 is 27.1 Å². The molecule has 0 bridgehead atoms. The van der Waals surface area contributed by atoms with Gasteiger partial charge in [-0.05, 0) is 61.0 Å². The van der Waals surface area contributed by atoms with E-state index < -0.39 is 21.7 Å². The molecule has 0 saturated heterocycles. The molecule has 0 unspecified atom stereocenters. The number of para-hydroxylation sites is 1. The molecule has 0 atom stereocenters. The maximum atomic E-state index is 13.9. The van der Waals surface area contributed by atoms with E-state index in [1.165, 1.54) is 61.0 Å². The number of sulfonamides is 1. The lowest BCUT2D eigenvalue weighted by atomic mass is 10.2. The summed E-state index contributed by atoms with van der Waals surface area (Å²) in [6.45, 7) is 1.96. The van der Waals surface area contributed by atoms with Gasteiger partial charge in [0.25, 0.3) is 10.0 Å². The largest absolute Gasteiger partial charge is 0.495 e. The van der Waals surface area contributed by atoms with Crippen molar-refractivity contribution in [1.82, 2.24) is 0 Å². The Labute approximate surface area is 198 Å². The Morgan fingerprint density at radius 2 is 1.68 bits per heavy atom. The highest BCUT2D eigenvalue weighted by molar-refractivity contribution is 7.92. The molecule has 0 heterocycles. The number of carbonyl (C=O) groups is 1. The van der Waals surface area contributed by atoms with Gasteiger partial charge in [0.1, 0.15) is 5.75 Å². The molecule has 0 aliphatic heterocycles. The molecule has 3 rings (SSSR count). The number of methoxy groups -OCH3 is 2. The zero-order chi connectivity index (χ0) is 24.7. The molecule has 7 nitrogen and oxygen atoms in total. The van der Waals surface area contributed by atoms with Gasteiger partial charge in [-0.3, -0.25) is 9.10 Å². The van der Waals surface area contributed by atoms with Crippen molar-refractivity contribution in [3.8, 4) is 11.5 Å². The van der Waals surface area contributed by atoms with Gasteiger partial charge < -0.3 is 14.8 Å². The second-order valence-corrected chi connectivity index (χ2v) is 8.95. The summed E-state index contributed by atoms with van der Waals surface area (Å²) in [4.78, 5) is 12.5. The predicted molar refractivity (Wildman–Crippen MR) is 130 cm³/mol. The molecule has 0 radical (unpaired) electrons. The van der Waals surface area contributed by atoms with Crippen LogP contribution in [0, 0.1) is 5.82 Å². The summed E-state index contributed by atoms with van der Waals surface area (Å²) < 4.78 is 51.9. The van der Waals surface area contributed by atoms with Gasteiger partial charge in [-0.15, -0.1) is 0 Å². The second kappa shape index (κ2) is 10.8. The summed E-state index contributed by atoms with van der Waals surface area (Å²) >= 11 is 0. The van der Waals surface area contributed by atoms with Crippen molar-refractivity contribution in [2.75, 3.05) is 30.4 Å². The Kier molecular flexibility index (Phi) is 7.91. The van der Waals surface area contributed by atoms with Gasteiger partial charge >= 0.3 is 0 Å². The van der Waals surface area contributed by atoms with Crippen molar-refractivity contribution in [1.29, 1.82) is 0 Å². The van der Waals surface area contributed by atoms with Crippen LogP contribution in [-0.2, 0) is 14.8 Å². The van der Waals surface area contributed by atoms with Gasteiger partial charge in [0.2, 0.25) is 5.91 Å². The van der Waals surface area contributed by atoms with E-state index in [2.05, 4.69) is 5.32 Å². The number of hydrogen-bond donors (Lipinski definition) is 1. The highest BCUT2D eigenvalue weighted by Crippen LogP contribution is 2.31. The van der Waals surface area contributed by atoms with Crippen LogP contribution < -0.4 is 19.1 Å². The molecule has 178 valence electrons. The van der Waals surface area contributed by atoms with Crippen LogP contribution in [0.15, 0.2) is 77.7 Å². The van der Waals surface area contributed by atoms with Crippen LogP contribution in [0.25, 0.3) is 6.08 Å². The molecule has 0 aromatic heterocycles. The van der Waals surface area contributed by atoms with Crippen LogP contribution in [0.3, 0.4) is 0 Å². The van der Waals surface area contributed by atoms with Crippen LogP contribution in [0.4, 0.5) is 15.8 Å². The maximum Gasteiger partial charge on any atom is 0.264 e. The summed E-state index contributed by atoms with van der Waals surface area (Å²) in [6, 6.07) is 17.3. The van der Waals surface area contributed by atoms with Gasteiger partial charge in [0, 0.05) is 12.6 Å². The SMILES string of the molecule is CCN(c1ccccc1)S(=O)(=O)c1ccc(OC)c(NC(=O)/C=C/c2ccc(OC)c(F)c2)c1. The smallest absolute Gasteiger partial charge is 0.264 e. The molecule has 0 saturated carbocycles. The lowest BCUT2D eigenvalue weighted by Gasteiger charge is -2.23. The molecular weight excluding hydrogens is 459 g/mol. The fourth-order valence-corrected chi connectivity index (χ4v) is 4.79. The molecule has 1 N–H and O–H groups in total. The van der Waals surface area contributed by atoms with Crippen molar-refractivity contribution in [2.24, 2.45) is 0 Å². The van der Waals surface area contributed by atoms with E-state index >= 15 is 0 Å². The van der Waals surface area contributed by atoms with E-state index in [4.69, 9.17) is 9.47 Å². The van der Waals surface area contributed by atoms with Crippen LogP contribution in [0.2, 0.25) is 0 Å². The first-order valence-electron chi connectivity index (χ1n) is 10.4. The van der Waals surface area contributed by atoms with E-state index in [0.717, 1.165) is 0 Å². The van der Waals surface area contributed by atoms with Crippen LogP contribution in [0.1, 0.15) is 12.5 Å². The molecule has 0 fully saturated rings. The van der Waals surface area contributed by atoms with E-state index in [0.29, 0.717) is 17.0 Å². The highest BCUT2D eigenvalue weighted by Gasteiger charge is 2.25. The van der Waals surface area contributed by atoms with E-state index in [1.54, 1.807) is 43.3 Å². The first-order valence-corrected chi connectivity index (χ1v) is 11.8. The summed E-state index contributed by atoms with van der Waals surface area (Å²) in [5.74, 6) is -0.706. The Morgan fingerprint density at radius 3 is 2.29 bits per heavy atom. The average molecular weight is 485 g/mol. The number of rotatable bonds is 9. The third-order valence-corrected chi connectivity index (χ3v) is 6.85. The van der Waals surface area contributed by atoms with Crippen LogP contribution in [0.5, 0.6) is 11.5 Å². The number of carbonyl (C=O) groups excluding carboxylic acids is 1. The number of amides is 1. The fourth-order valence-electron chi connectivity index (χ4n) is 3.29. The summed E-state index contributed by atoms with van der Waals surface area (Å²) in [6.07, 6.45) is 2.64. The standard InChI is InChI=1S/C25H25FN2O5S/c1-4-28(19-8-6-5-7-9-19)34(30,31)20-12-14-24(33-3)22(17-20)27-25(29)15-11-18-10-13-23(32-2)21(26)16-18/h5-17H,4H2,1-3H3,(H,27,29)/b15-11+. The van der Waals surface area contributed by atoms with E-state index in [1.807, 2.05) is 0 Å². The minimum absolute atomic E-state index is 0.00416. The Morgan fingerprint density at radius 1 is 1.00 bits per heavy atom. The van der Waals surface area contributed by atoms with Crippen molar-refractivity contribution in [3.05, 3.63) is 84.2 Å². The molecule has 0 aliphatic rings. The first kappa shape index (κ1) is 24.8. The number of nitrogens with one attached hydrogen (secondary N) is 1. The van der Waals surface area contributed by atoms with Crippen LogP contribution >= 0.6 is 0 Å². The van der Waals surface area contributed by atoms with E-state index in [-0.39, 0.29) is 22.9 Å². The fraction of sp³-hybridized carbons (Fsp3) is 0.160. The minimum atomic E-state index is -3.90. The van der Waals surface area contributed by atoms with Gasteiger partial charge in [-0.1, -0.05) is 24.3 Å². The average Bonchev–Trinajstić information content (AvgIpc) is 2.83. The molecule has 9 heteroatoms. The van der Waals surface area contributed by atoms with Crippen molar-refractivity contribution >= 4 is 33.4 Å². The van der Waals surface area contributed by atoms with Gasteiger partial charge in [-0.25, -0.2) is 12.8 Å². The first-order chi connectivity index (χ1) is 16.3. The Bertz CT molecular complexity index is 1290. The number of halogens is 1. The predicted octanol–water partition coefficient (Wildman–Crippen LogP) is 4.71. The third kappa shape index (κ3) is 5.55. The van der Waals surface area contributed by atoms with Gasteiger partial charge in [0.15, 0.2) is 11.6 Å². The van der Waals surface area contributed by atoms with Gasteiger partial charge in [0.05, 0.1) is 30.5 Å². The third-order valence-electron chi connectivity index (χ3n) is 4.95. The Balaban J connectivity index is 1.86. The van der Waals surface area contributed by atoms with Crippen LogP contribution in [-0.4, -0.2) is 35.1 Å². The zero-order valence-corrected chi connectivity index (χ0v) is 19.8. The molecular formula is C25H25FN2O5S. The molecule has 0 spiro atoms. The lowest BCUT2D eigenvalue weighted by Crippen LogP contribution is -2.30. The molecule has 3 aromatic rings. The van der Waals surface area contributed by atoms with Crippen molar-refractivity contribution in [2.45, 2.75) is 11.8 Å². The maximum absolute atomic E-state index is 13.9. The molecule has 0 aliphatic carbocycles. The quantitative estimate of drug-likeness (QED) is 0.445. The molecule has 34 heavy (non-hydrogen) atoms. The number of anilines is 2. The summed E-state index contributed by atoms with van der Waals surface area (Å²) in [7, 11) is -1.12. The normalized spacial score (nSPS) is 11.3. The summed E-state index contributed by atoms with van der Waals surface area (Å²) in [5.41, 5.74) is 1.17. The van der Waals surface area contributed by atoms with E-state index in [9.17, 15) is 17.6 Å². The monoisotopic (exact) mass is 484 g/mol. The highest BCUT2D eigenvalue weighted by atomic mass is 32.2. The Hall–Kier alpha value is -3.85. The topological polar surface area (TPSA) is 84.9 Å². The number of hydrogen-bond acceptors (Lipinski definition) is 5. The van der Waals surface area contributed by atoms with Crippen molar-refractivity contribution in [3.63, 3.8) is 0 Å². The molecule has 3 aromatic carbocycles. The number of nitrogens with zero attached hydrogens (tertiary/aromatic N) is 1.